The number of fused-ring (bicyclic) bond motifs is 1. The highest BCUT2D eigenvalue weighted by molar-refractivity contribution is 5.94. The molecule has 0 radical (unpaired) electrons. The van der Waals surface area contributed by atoms with Gasteiger partial charge < -0.3 is 14.5 Å². The van der Waals surface area contributed by atoms with E-state index in [1.165, 1.54) is 18.2 Å². The van der Waals surface area contributed by atoms with Gasteiger partial charge in [-0.25, -0.2) is 0 Å². The number of carbonyl (C=O) groups is 1. The SMILES string of the molecule is CCN1C[C@@H](CN(C)C(=O)c2cccc([N+](=O)[O-])c2)Oc2ccccc21. The second-order valence-electron chi connectivity index (χ2n) is 6.24. The van der Waals surface area contributed by atoms with Crippen LogP contribution in [0.15, 0.2) is 48.5 Å². The van der Waals surface area contributed by atoms with Gasteiger partial charge in [0.15, 0.2) is 0 Å². The molecule has 2 aromatic rings. The highest BCUT2D eigenvalue weighted by atomic mass is 16.6. The second-order valence-corrected chi connectivity index (χ2v) is 6.24. The number of likely N-dealkylation sites (N-methyl/N-ethyl adjacent to an activating group) is 2. The first-order valence-electron chi connectivity index (χ1n) is 8.50. The van der Waals surface area contributed by atoms with Crippen molar-refractivity contribution >= 4 is 17.3 Å². The zero-order valence-corrected chi connectivity index (χ0v) is 14.8. The molecule has 0 saturated carbocycles. The molecule has 0 N–H and O–H groups in total. The minimum atomic E-state index is -0.503. The zero-order valence-electron chi connectivity index (χ0n) is 14.8. The number of nitrogens with zero attached hydrogens (tertiary/aromatic N) is 3. The van der Waals surface area contributed by atoms with Crippen LogP contribution in [0.25, 0.3) is 0 Å². The molecule has 0 fully saturated rings. The largest absolute Gasteiger partial charge is 0.485 e. The third kappa shape index (κ3) is 3.61. The highest BCUT2D eigenvalue weighted by Gasteiger charge is 2.27. The van der Waals surface area contributed by atoms with E-state index in [4.69, 9.17) is 4.74 Å². The van der Waals surface area contributed by atoms with Crippen molar-refractivity contribution in [3.05, 3.63) is 64.2 Å². The predicted molar refractivity (Wildman–Crippen MR) is 98.8 cm³/mol. The van der Waals surface area contributed by atoms with E-state index in [9.17, 15) is 14.9 Å². The summed E-state index contributed by atoms with van der Waals surface area (Å²) in [7, 11) is 1.68. The van der Waals surface area contributed by atoms with Gasteiger partial charge in [0, 0.05) is 31.3 Å². The number of non-ortho nitro benzene ring substituents is 1. The Morgan fingerprint density at radius 2 is 2.08 bits per heavy atom. The fourth-order valence-electron chi connectivity index (χ4n) is 3.13. The number of amides is 1. The number of nitro groups is 1. The maximum absolute atomic E-state index is 12.6. The molecule has 7 heteroatoms. The maximum Gasteiger partial charge on any atom is 0.270 e. The van der Waals surface area contributed by atoms with Crippen molar-refractivity contribution in [1.29, 1.82) is 0 Å². The summed E-state index contributed by atoms with van der Waals surface area (Å²) >= 11 is 0. The molecule has 0 aromatic heterocycles. The number of hydrogen-bond acceptors (Lipinski definition) is 5. The number of rotatable bonds is 5. The molecule has 0 spiro atoms. The van der Waals surface area contributed by atoms with Gasteiger partial charge >= 0.3 is 0 Å². The molecule has 0 bridgehead atoms. The topological polar surface area (TPSA) is 75.9 Å². The molecule has 0 unspecified atom stereocenters. The van der Waals surface area contributed by atoms with Crippen molar-refractivity contribution < 1.29 is 14.5 Å². The lowest BCUT2D eigenvalue weighted by Gasteiger charge is -2.37. The Hall–Kier alpha value is -3.09. The van der Waals surface area contributed by atoms with Crippen LogP contribution < -0.4 is 9.64 Å². The number of anilines is 1. The Bertz CT molecular complexity index is 824. The van der Waals surface area contributed by atoms with Crippen molar-refractivity contribution in [1.82, 2.24) is 4.90 Å². The monoisotopic (exact) mass is 355 g/mol. The summed E-state index contributed by atoms with van der Waals surface area (Å²) in [6, 6.07) is 13.6. The highest BCUT2D eigenvalue weighted by Crippen LogP contribution is 2.32. The summed E-state index contributed by atoms with van der Waals surface area (Å²) in [4.78, 5) is 26.8. The van der Waals surface area contributed by atoms with Crippen molar-refractivity contribution in [3.63, 3.8) is 0 Å². The third-order valence-corrected chi connectivity index (χ3v) is 4.43. The van der Waals surface area contributed by atoms with E-state index in [-0.39, 0.29) is 17.7 Å². The van der Waals surface area contributed by atoms with Gasteiger partial charge in [-0.2, -0.15) is 0 Å². The van der Waals surface area contributed by atoms with Crippen LogP contribution in [0, 0.1) is 10.1 Å². The lowest BCUT2D eigenvalue weighted by molar-refractivity contribution is -0.384. The summed E-state index contributed by atoms with van der Waals surface area (Å²) in [5.41, 5.74) is 1.26. The average molecular weight is 355 g/mol. The van der Waals surface area contributed by atoms with E-state index in [1.807, 2.05) is 24.3 Å². The lowest BCUT2D eigenvalue weighted by Crippen LogP contribution is -2.46. The maximum atomic E-state index is 12.6. The Morgan fingerprint density at radius 3 is 2.81 bits per heavy atom. The van der Waals surface area contributed by atoms with Crippen molar-refractivity contribution in [2.24, 2.45) is 0 Å². The van der Waals surface area contributed by atoms with Crippen LogP contribution in [0.3, 0.4) is 0 Å². The van der Waals surface area contributed by atoms with Gasteiger partial charge in [-0.3, -0.25) is 14.9 Å². The van der Waals surface area contributed by atoms with Crippen LogP contribution in [0.4, 0.5) is 11.4 Å². The molecular weight excluding hydrogens is 334 g/mol. The normalized spacial score (nSPS) is 15.8. The molecule has 7 nitrogen and oxygen atoms in total. The van der Waals surface area contributed by atoms with Gasteiger partial charge in [0.2, 0.25) is 0 Å². The lowest BCUT2D eigenvalue weighted by atomic mass is 10.1. The van der Waals surface area contributed by atoms with E-state index < -0.39 is 4.92 Å². The molecule has 0 saturated heterocycles. The van der Waals surface area contributed by atoms with Gasteiger partial charge in [0.1, 0.15) is 11.9 Å². The van der Waals surface area contributed by atoms with Gasteiger partial charge in [-0.1, -0.05) is 18.2 Å². The Labute approximate surface area is 151 Å². The van der Waals surface area contributed by atoms with Crippen LogP contribution >= 0.6 is 0 Å². The van der Waals surface area contributed by atoms with Crippen LogP contribution in [0.2, 0.25) is 0 Å². The quantitative estimate of drug-likeness (QED) is 0.609. The number of carbonyl (C=O) groups excluding carboxylic acids is 1. The Morgan fingerprint density at radius 1 is 1.31 bits per heavy atom. The fourth-order valence-corrected chi connectivity index (χ4v) is 3.13. The molecule has 1 aliphatic rings. The van der Waals surface area contributed by atoms with Gasteiger partial charge in [0.05, 0.1) is 23.7 Å². The van der Waals surface area contributed by atoms with Gasteiger partial charge in [-0.15, -0.1) is 0 Å². The molecule has 2 aromatic carbocycles. The van der Waals surface area contributed by atoms with Crippen molar-refractivity contribution in [2.75, 3.05) is 31.6 Å². The second kappa shape index (κ2) is 7.43. The Kier molecular flexibility index (Phi) is 5.06. The Balaban J connectivity index is 1.72. The number of para-hydroxylation sites is 2. The van der Waals surface area contributed by atoms with E-state index in [0.717, 1.165) is 18.0 Å². The van der Waals surface area contributed by atoms with Crippen molar-refractivity contribution in [2.45, 2.75) is 13.0 Å². The van der Waals surface area contributed by atoms with Gasteiger partial charge in [0.25, 0.3) is 11.6 Å². The summed E-state index contributed by atoms with van der Waals surface area (Å²) in [5.74, 6) is 0.543. The molecule has 0 aliphatic carbocycles. The molecule has 1 heterocycles. The summed E-state index contributed by atoms with van der Waals surface area (Å²) in [5, 5.41) is 10.9. The van der Waals surface area contributed by atoms with Gasteiger partial charge in [-0.05, 0) is 25.1 Å². The summed E-state index contributed by atoms with van der Waals surface area (Å²) in [6.07, 6.45) is -0.169. The third-order valence-electron chi connectivity index (χ3n) is 4.43. The first-order valence-corrected chi connectivity index (χ1v) is 8.50. The summed E-state index contributed by atoms with van der Waals surface area (Å²) < 4.78 is 6.04. The molecular formula is C19H21N3O4. The number of benzene rings is 2. The van der Waals surface area contributed by atoms with Crippen LogP contribution in [0.1, 0.15) is 17.3 Å². The molecule has 26 heavy (non-hydrogen) atoms. The first kappa shape index (κ1) is 17.7. The van der Waals surface area contributed by atoms with Crippen LogP contribution in [0.5, 0.6) is 5.75 Å². The summed E-state index contributed by atoms with van der Waals surface area (Å²) in [6.45, 7) is 4.00. The molecule has 136 valence electrons. The van der Waals surface area contributed by atoms with E-state index in [2.05, 4.69) is 11.8 Å². The van der Waals surface area contributed by atoms with Crippen LogP contribution in [-0.4, -0.2) is 48.5 Å². The molecule has 1 atom stereocenters. The molecule has 1 aliphatic heterocycles. The standard InChI is InChI=1S/C19H21N3O4/c1-3-21-13-16(26-18-10-5-4-9-17(18)21)12-20(2)19(23)14-7-6-8-15(11-14)22(24)25/h4-11,16H,3,12-13H2,1-2H3/t16-/m1/s1. The molecule has 1 amide bonds. The smallest absolute Gasteiger partial charge is 0.270 e. The fraction of sp³-hybridized carbons (Fsp3) is 0.316. The minimum Gasteiger partial charge on any atom is -0.485 e. The van der Waals surface area contributed by atoms with E-state index in [1.54, 1.807) is 18.0 Å². The van der Waals surface area contributed by atoms with Crippen molar-refractivity contribution in [3.8, 4) is 5.75 Å². The average Bonchev–Trinajstić information content (AvgIpc) is 2.66. The van der Waals surface area contributed by atoms with E-state index >= 15 is 0 Å². The number of nitro benzene ring substituents is 1. The zero-order chi connectivity index (χ0) is 18.7. The van der Waals surface area contributed by atoms with E-state index in [0.29, 0.717) is 18.7 Å². The first-order chi connectivity index (χ1) is 12.5. The number of hydrogen-bond donors (Lipinski definition) is 0. The van der Waals surface area contributed by atoms with Crippen LogP contribution in [-0.2, 0) is 0 Å². The minimum absolute atomic E-state index is 0.0933. The number of ether oxygens (including phenoxy) is 1. The molecule has 3 rings (SSSR count). The predicted octanol–water partition coefficient (Wildman–Crippen LogP) is 2.95.